The molecule has 1 N–H and O–H groups in total. The van der Waals surface area contributed by atoms with Gasteiger partial charge in [-0.25, -0.2) is 4.98 Å². The van der Waals surface area contributed by atoms with Gasteiger partial charge in [0.25, 0.3) is 0 Å². The molecule has 1 fully saturated rings. The summed E-state index contributed by atoms with van der Waals surface area (Å²) in [5, 5.41) is 2.89. The first-order chi connectivity index (χ1) is 11.5. The van der Waals surface area contributed by atoms with Crippen LogP contribution in [0.25, 0.3) is 0 Å². The number of hydrogen-bond acceptors (Lipinski definition) is 2. The van der Waals surface area contributed by atoms with Crippen LogP contribution in [0.3, 0.4) is 0 Å². The summed E-state index contributed by atoms with van der Waals surface area (Å²) in [6.45, 7) is -2.32. The number of benzene rings is 1. The van der Waals surface area contributed by atoms with Crippen LogP contribution in [-0.4, -0.2) is 22.0 Å². The zero-order valence-electron chi connectivity index (χ0n) is 13.0. The fourth-order valence-corrected chi connectivity index (χ4v) is 3.38. The van der Waals surface area contributed by atoms with Crippen LogP contribution < -0.4 is 5.32 Å². The number of carbonyl (C=O) groups excluding carboxylic acids is 1. The van der Waals surface area contributed by atoms with Crippen molar-refractivity contribution in [2.24, 2.45) is 0 Å². The van der Waals surface area contributed by atoms with E-state index in [0.29, 0.717) is 6.54 Å². The highest BCUT2D eigenvalue weighted by Gasteiger charge is 2.45. The second-order valence-electron chi connectivity index (χ2n) is 5.98. The van der Waals surface area contributed by atoms with Crippen LogP contribution in [0.4, 0.5) is 8.78 Å². The molecule has 0 atom stereocenters. The number of carbonyl (C=O) groups is 1. The number of hydrogen-bond donors (Lipinski definition) is 1. The van der Waals surface area contributed by atoms with Crippen LogP contribution in [0.15, 0.2) is 41.1 Å². The lowest BCUT2D eigenvalue weighted by Crippen LogP contribution is -2.49. The number of amides is 1. The van der Waals surface area contributed by atoms with E-state index >= 15 is 0 Å². The quantitative estimate of drug-likeness (QED) is 0.804. The maximum absolute atomic E-state index is 12.8. The molecule has 0 aliphatic heterocycles. The Labute approximate surface area is 147 Å². The van der Waals surface area contributed by atoms with Crippen molar-refractivity contribution < 1.29 is 13.6 Å². The molecule has 1 saturated carbocycles. The van der Waals surface area contributed by atoms with E-state index in [2.05, 4.69) is 26.2 Å². The van der Waals surface area contributed by atoms with E-state index in [9.17, 15) is 13.6 Å². The Balaban J connectivity index is 1.63. The Morgan fingerprint density at radius 2 is 2.04 bits per heavy atom. The predicted molar refractivity (Wildman–Crippen MR) is 89.9 cm³/mol. The van der Waals surface area contributed by atoms with Gasteiger partial charge in [-0.05, 0) is 30.5 Å². The smallest absolute Gasteiger partial charge is 0.319 e. The number of alkyl halides is 2. The Morgan fingerprint density at radius 3 is 2.62 bits per heavy atom. The monoisotopic (exact) mass is 397 g/mol. The van der Waals surface area contributed by atoms with Gasteiger partial charge in [-0.1, -0.05) is 34.5 Å². The van der Waals surface area contributed by atoms with Crippen LogP contribution in [0.1, 0.15) is 37.2 Å². The van der Waals surface area contributed by atoms with Gasteiger partial charge in [-0.2, -0.15) is 8.78 Å². The fraction of sp³-hybridized carbons (Fsp3) is 0.412. The second-order valence-corrected chi connectivity index (χ2v) is 6.89. The van der Waals surface area contributed by atoms with E-state index in [-0.39, 0.29) is 18.2 Å². The lowest BCUT2D eigenvalue weighted by Gasteiger charge is -2.40. The van der Waals surface area contributed by atoms with E-state index in [1.165, 1.54) is 12.4 Å². The molecule has 1 aliphatic carbocycles. The maximum atomic E-state index is 12.8. The van der Waals surface area contributed by atoms with Crippen molar-refractivity contribution in [2.75, 3.05) is 6.54 Å². The minimum absolute atomic E-state index is 0.0359. The Bertz CT molecular complexity index is 711. The number of nitrogens with one attached hydrogen (secondary N) is 1. The van der Waals surface area contributed by atoms with Gasteiger partial charge in [-0.15, -0.1) is 0 Å². The Morgan fingerprint density at radius 1 is 1.33 bits per heavy atom. The molecule has 0 saturated heterocycles. The molecule has 1 heterocycles. The molecule has 0 unspecified atom stereocenters. The topological polar surface area (TPSA) is 46.9 Å². The van der Waals surface area contributed by atoms with E-state index in [0.717, 1.165) is 33.9 Å². The summed E-state index contributed by atoms with van der Waals surface area (Å²) < 4.78 is 27.4. The standard InChI is InChI=1S/C17H18BrF2N3O/c18-13-4-2-12(3-5-13)17(7-1-8-17)15(24)22-9-6-14-21-10-11-23(14)16(19)20/h2-5,10-11,16H,1,6-9H2,(H,22,24). The van der Waals surface area contributed by atoms with Gasteiger partial charge in [0.2, 0.25) is 5.91 Å². The Hall–Kier alpha value is -1.76. The highest BCUT2D eigenvalue weighted by Crippen LogP contribution is 2.44. The summed E-state index contributed by atoms with van der Waals surface area (Å²) >= 11 is 3.40. The molecule has 2 aromatic rings. The van der Waals surface area contributed by atoms with Crippen LogP contribution in [0.2, 0.25) is 0 Å². The average Bonchev–Trinajstić information content (AvgIpc) is 2.97. The van der Waals surface area contributed by atoms with Gasteiger partial charge >= 0.3 is 6.55 Å². The summed E-state index contributed by atoms with van der Waals surface area (Å²) in [5.74, 6) is 0.239. The minimum atomic E-state index is -2.61. The molecule has 0 spiro atoms. The molecule has 7 heteroatoms. The fourth-order valence-electron chi connectivity index (χ4n) is 3.12. The van der Waals surface area contributed by atoms with Crippen LogP contribution in [0, 0.1) is 0 Å². The summed E-state index contributed by atoms with van der Waals surface area (Å²) in [4.78, 5) is 16.6. The third kappa shape index (κ3) is 3.22. The van der Waals surface area contributed by atoms with E-state index in [1.54, 1.807) is 0 Å². The van der Waals surface area contributed by atoms with Crippen LogP contribution in [-0.2, 0) is 16.6 Å². The molecule has 128 valence electrons. The number of halogens is 3. The molecule has 1 aromatic heterocycles. The second kappa shape index (κ2) is 7.01. The first-order valence-electron chi connectivity index (χ1n) is 7.87. The molecule has 1 amide bonds. The van der Waals surface area contributed by atoms with Gasteiger partial charge in [0.15, 0.2) is 0 Å². The van der Waals surface area contributed by atoms with E-state index in [1.807, 2.05) is 24.3 Å². The zero-order chi connectivity index (χ0) is 17.2. The summed E-state index contributed by atoms with van der Waals surface area (Å²) in [6, 6.07) is 7.79. The highest BCUT2D eigenvalue weighted by molar-refractivity contribution is 9.10. The number of rotatable bonds is 6. The number of nitrogens with zero attached hydrogens (tertiary/aromatic N) is 2. The molecular weight excluding hydrogens is 380 g/mol. The third-order valence-electron chi connectivity index (χ3n) is 4.63. The lowest BCUT2D eigenvalue weighted by atomic mass is 9.64. The molecule has 0 bridgehead atoms. The zero-order valence-corrected chi connectivity index (χ0v) is 14.6. The van der Waals surface area contributed by atoms with Crippen molar-refractivity contribution in [2.45, 2.75) is 37.6 Å². The van der Waals surface area contributed by atoms with E-state index < -0.39 is 12.0 Å². The van der Waals surface area contributed by atoms with E-state index in [4.69, 9.17) is 0 Å². The van der Waals surface area contributed by atoms with Crippen LogP contribution >= 0.6 is 15.9 Å². The minimum Gasteiger partial charge on any atom is -0.355 e. The summed E-state index contributed by atoms with van der Waals surface area (Å²) in [5.41, 5.74) is 0.516. The number of aromatic nitrogens is 2. The van der Waals surface area contributed by atoms with Gasteiger partial charge in [0.05, 0.1) is 5.41 Å². The SMILES string of the molecule is O=C(NCCc1nccn1C(F)F)C1(c2ccc(Br)cc2)CCC1. The van der Waals surface area contributed by atoms with Crippen molar-refractivity contribution in [3.8, 4) is 0 Å². The highest BCUT2D eigenvalue weighted by atomic mass is 79.9. The summed E-state index contributed by atoms with van der Waals surface area (Å²) in [7, 11) is 0. The molecule has 0 radical (unpaired) electrons. The largest absolute Gasteiger partial charge is 0.355 e. The Kier molecular flexibility index (Phi) is 4.99. The predicted octanol–water partition coefficient (Wildman–Crippen LogP) is 3.82. The lowest BCUT2D eigenvalue weighted by molar-refractivity contribution is -0.129. The number of imidazole rings is 1. The van der Waals surface area contributed by atoms with Gasteiger partial charge in [0, 0.05) is 29.8 Å². The molecule has 1 aromatic carbocycles. The van der Waals surface area contributed by atoms with Gasteiger partial charge in [0.1, 0.15) is 5.82 Å². The molecule has 3 rings (SSSR count). The van der Waals surface area contributed by atoms with Crippen molar-refractivity contribution in [3.05, 3.63) is 52.5 Å². The first-order valence-corrected chi connectivity index (χ1v) is 8.66. The van der Waals surface area contributed by atoms with Gasteiger partial charge < -0.3 is 5.32 Å². The van der Waals surface area contributed by atoms with Crippen LogP contribution in [0.5, 0.6) is 0 Å². The molecule has 1 aliphatic rings. The normalized spacial score (nSPS) is 16.0. The average molecular weight is 398 g/mol. The first kappa shape index (κ1) is 17.1. The summed E-state index contributed by atoms with van der Waals surface area (Å²) in [6.07, 6.45) is 5.51. The molecule has 4 nitrogen and oxygen atoms in total. The third-order valence-corrected chi connectivity index (χ3v) is 5.16. The molecule has 24 heavy (non-hydrogen) atoms. The van der Waals surface area contributed by atoms with Crippen molar-refractivity contribution in [1.82, 2.24) is 14.9 Å². The van der Waals surface area contributed by atoms with Gasteiger partial charge in [-0.3, -0.25) is 9.36 Å². The van der Waals surface area contributed by atoms with Crippen molar-refractivity contribution >= 4 is 21.8 Å². The van der Waals surface area contributed by atoms with Crippen molar-refractivity contribution in [1.29, 1.82) is 0 Å². The van der Waals surface area contributed by atoms with Crippen molar-refractivity contribution in [3.63, 3.8) is 0 Å². The molecular formula is C17H18BrF2N3O. The maximum Gasteiger partial charge on any atom is 0.319 e.